The first-order valence-corrected chi connectivity index (χ1v) is 6.60. The van der Waals surface area contributed by atoms with Gasteiger partial charge in [-0.05, 0) is 38.0 Å². The third kappa shape index (κ3) is 1.68. The van der Waals surface area contributed by atoms with E-state index in [1.165, 1.54) is 25.7 Å². The predicted molar refractivity (Wildman–Crippen MR) is 55.7 cm³/mol. The van der Waals surface area contributed by atoms with E-state index in [0.717, 1.165) is 5.92 Å². The quantitative estimate of drug-likeness (QED) is 0.689. The van der Waals surface area contributed by atoms with Crippen LogP contribution in [0, 0.1) is 11.8 Å². The van der Waals surface area contributed by atoms with Crippen molar-refractivity contribution in [2.45, 2.75) is 50.8 Å². The lowest BCUT2D eigenvalue weighted by Gasteiger charge is -2.31. The fourth-order valence-electron chi connectivity index (χ4n) is 2.79. The minimum absolute atomic E-state index is 0.456. The van der Waals surface area contributed by atoms with E-state index < -0.39 is 11.0 Å². The first-order chi connectivity index (χ1) is 6.22. The molecule has 0 amide bonds. The molecule has 3 heteroatoms. The summed E-state index contributed by atoms with van der Waals surface area (Å²) in [5, 5.41) is 0.456. The Labute approximate surface area is 83.1 Å². The maximum atomic E-state index is 11.6. The van der Waals surface area contributed by atoms with Crippen LogP contribution in [0.15, 0.2) is 0 Å². The molecule has 1 saturated heterocycles. The Bertz CT molecular complexity index is 219. The Hall–Kier alpha value is 0.110. The average molecular weight is 201 g/mol. The maximum Gasteiger partial charge on any atom is 0.0953 e. The van der Waals surface area contributed by atoms with Crippen LogP contribution >= 0.6 is 0 Å². The van der Waals surface area contributed by atoms with E-state index in [-0.39, 0.29) is 0 Å². The molecular formula is C10H19NOS. The Morgan fingerprint density at radius 3 is 2.92 bits per heavy atom. The zero-order chi connectivity index (χ0) is 9.42. The van der Waals surface area contributed by atoms with Gasteiger partial charge in [-0.2, -0.15) is 0 Å². The van der Waals surface area contributed by atoms with E-state index in [4.69, 9.17) is 0 Å². The molecule has 1 aliphatic carbocycles. The summed E-state index contributed by atoms with van der Waals surface area (Å²) in [5.41, 5.74) is 0. The summed E-state index contributed by atoms with van der Waals surface area (Å²) in [6, 6.07) is 0.472. The fourth-order valence-corrected chi connectivity index (χ4v) is 4.52. The second kappa shape index (κ2) is 3.70. The maximum absolute atomic E-state index is 11.6. The molecule has 1 N–H and O–H groups in total. The zero-order valence-corrected chi connectivity index (χ0v) is 9.27. The van der Waals surface area contributed by atoms with E-state index >= 15 is 0 Å². The van der Waals surface area contributed by atoms with Gasteiger partial charge in [0.1, 0.15) is 0 Å². The number of rotatable bonds is 1. The molecule has 2 aliphatic rings. The van der Waals surface area contributed by atoms with Crippen molar-refractivity contribution in [3.8, 4) is 0 Å². The lowest BCUT2D eigenvalue weighted by molar-refractivity contribution is 0.252. The molecule has 1 aliphatic heterocycles. The van der Waals surface area contributed by atoms with E-state index in [1.807, 2.05) is 0 Å². The zero-order valence-electron chi connectivity index (χ0n) is 8.45. The SMILES string of the molecule is CCC1CCC2C(C1)C(C)NS2=O. The molecule has 0 aromatic carbocycles. The molecule has 0 bridgehead atoms. The standard InChI is InChI=1S/C10H19NOS/c1-3-8-4-5-10-9(6-8)7(2)11-13(10)12/h7-11H,3-6H2,1-2H3. The van der Waals surface area contributed by atoms with Gasteiger partial charge in [-0.25, -0.2) is 8.93 Å². The Morgan fingerprint density at radius 2 is 2.23 bits per heavy atom. The van der Waals surface area contributed by atoms with Gasteiger partial charge in [0.25, 0.3) is 0 Å². The summed E-state index contributed by atoms with van der Waals surface area (Å²) in [7, 11) is -0.736. The Morgan fingerprint density at radius 1 is 1.46 bits per heavy atom. The van der Waals surface area contributed by atoms with Crippen molar-refractivity contribution in [2.24, 2.45) is 11.8 Å². The predicted octanol–water partition coefficient (Wildman–Crippen LogP) is 1.84. The normalized spacial score (nSPS) is 50.5. The summed E-state index contributed by atoms with van der Waals surface area (Å²) < 4.78 is 14.8. The Balaban J connectivity index is 2.06. The van der Waals surface area contributed by atoms with Crippen molar-refractivity contribution in [1.82, 2.24) is 4.72 Å². The van der Waals surface area contributed by atoms with Crippen LogP contribution in [0.3, 0.4) is 0 Å². The molecule has 13 heavy (non-hydrogen) atoms. The molecule has 2 nitrogen and oxygen atoms in total. The second-order valence-electron chi connectivity index (χ2n) is 4.49. The summed E-state index contributed by atoms with van der Waals surface area (Å²) in [6.07, 6.45) is 5.05. The Kier molecular flexibility index (Phi) is 2.75. The number of hydrogen-bond acceptors (Lipinski definition) is 1. The van der Waals surface area contributed by atoms with Gasteiger partial charge in [-0.3, -0.25) is 0 Å². The van der Waals surface area contributed by atoms with Crippen LogP contribution in [-0.4, -0.2) is 15.5 Å². The largest absolute Gasteiger partial charge is 0.243 e. The molecule has 2 fully saturated rings. The topological polar surface area (TPSA) is 29.1 Å². The van der Waals surface area contributed by atoms with Crippen molar-refractivity contribution in [3.05, 3.63) is 0 Å². The van der Waals surface area contributed by atoms with Crippen LogP contribution in [0.4, 0.5) is 0 Å². The van der Waals surface area contributed by atoms with Gasteiger partial charge in [0.2, 0.25) is 0 Å². The van der Waals surface area contributed by atoms with Crippen LogP contribution in [0.2, 0.25) is 0 Å². The summed E-state index contributed by atoms with van der Waals surface area (Å²) >= 11 is 0. The summed E-state index contributed by atoms with van der Waals surface area (Å²) in [5.74, 6) is 1.57. The van der Waals surface area contributed by atoms with Gasteiger partial charge in [-0.15, -0.1) is 0 Å². The monoisotopic (exact) mass is 201 g/mol. The van der Waals surface area contributed by atoms with E-state index in [2.05, 4.69) is 18.6 Å². The summed E-state index contributed by atoms with van der Waals surface area (Å²) in [4.78, 5) is 0. The lowest BCUT2D eigenvalue weighted by Crippen LogP contribution is -2.31. The van der Waals surface area contributed by atoms with Crippen molar-refractivity contribution in [1.29, 1.82) is 0 Å². The van der Waals surface area contributed by atoms with Crippen molar-refractivity contribution in [2.75, 3.05) is 0 Å². The van der Waals surface area contributed by atoms with Crippen LogP contribution in [0.25, 0.3) is 0 Å². The fraction of sp³-hybridized carbons (Fsp3) is 1.00. The van der Waals surface area contributed by atoms with Crippen molar-refractivity contribution in [3.63, 3.8) is 0 Å². The van der Waals surface area contributed by atoms with Crippen LogP contribution < -0.4 is 4.72 Å². The molecule has 76 valence electrons. The second-order valence-corrected chi connectivity index (χ2v) is 5.93. The van der Waals surface area contributed by atoms with Crippen LogP contribution in [0.5, 0.6) is 0 Å². The highest BCUT2D eigenvalue weighted by atomic mass is 32.2. The number of nitrogens with one attached hydrogen (secondary N) is 1. The first kappa shape index (κ1) is 9.66. The van der Waals surface area contributed by atoms with Gasteiger partial charge < -0.3 is 0 Å². The third-order valence-electron chi connectivity index (χ3n) is 3.74. The molecule has 2 rings (SSSR count). The average Bonchev–Trinajstić information content (AvgIpc) is 2.42. The highest BCUT2D eigenvalue weighted by molar-refractivity contribution is 7.84. The first-order valence-electron chi connectivity index (χ1n) is 5.39. The van der Waals surface area contributed by atoms with E-state index in [0.29, 0.717) is 17.2 Å². The molecule has 0 spiro atoms. The third-order valence-corrected chi connectivity index (χ3v) is 5.48. The highest BCUT2D eigenvalue weighted by Gasteiger charge is 2.42. The minimum atomic E-state index is -0.736. The van der Waals surface area contributed by atoms with Crippen LogP contribution in [0.1, 0.15) is 39.5 Å². The smallest absolute Gasteiger partial charge is 0.0953 e. The minimum Gasteiger partial charge on any atom is -0.243 e. The lowest BCUT2D eigenvalue weighted by atomic mass is 9.77. The summed E-state index contributed by atoms with van der Waals surface area (Å²) in [6.45, 7) is 4.45. The molecule has 0 aromatic heterocycles. The van der Waals surface area contributed by atoms with Crippen LogP contribution in [-0.2, 0) is 11.0 Å². The van der Waals surface area contributed by atoms with Gasteiger partial charge in [-0.1, -0.05) is 13.3 Å². The molecule has 1 heterocycles. The van der Waals surface area contributed by atoms with Gasteiger partial charge in [0, 0.05) is 6.04 Å². The molecule has 0 aromatic rings. The van der Waals surface area contributed by atoms with E-state index in [1.54, 1.807) is 0 Å². The van der Waals surface area contributed by atoms with Gasteiger partial charge in [0.15, 0.2) is 0 Å². The van der Waals surface area contributed by atoms with Gasteiger partial charge >= 0.3 is 0 Å². The van der Waals surface area contributed by atoms with Crippen molar-refractivity contribution < 1.29 is 4.21 Å². The van der Waals surface area contributed by atoms with Gasteiger partial charge in [0.05, 0.1) is 16.2 Å². The molecule has 5 unspecified atom stereocenters. The molecule has 1 saturated carbocycles. The van der Waals surface area contributed by atoms with E-state index in [9.17, 15) is 4.21 Å². The molecule has 0 radical (unpaired) electrons. The number of hydrogen-bond donors (Lipinski definition) is 1. The molecule has 5 atom stereocenters. The highest BCUT2D eigenvalue weighted by Crippen LogP contribution is 2.38. The molecular weight excluding hydrogens is 182 g/mol. The van der Waals surface area contributed by atoms with Crippen molar-refractivity contribution >= 4 is 11.0 Å². The number of fused-ring (bicyclic) bond motifs is 1.